The minimum atomic E-state index is 0.678. The van der Waals surface area contributed by atoms with E-state index >= 15 is 0 Å². The SMILES string of the molecule is CN1P=NP[N+](C)P1. The molecular formula is C2H8N3P3+. The van der Waals surface area contributed by atoms with Gasteiger partial charge in [-0.2, -0.15) is 8.96 Å². The smallest absolute Gasteiger partial charge is 0.172 e. The van der Waals surface area contributed by atoms with Gasteiger partial charge in [-0.15, -0.1) is 4.44 Å². The Morgan fingerprint density at radius 2 is 2.50 bits per heavy atom. The Kier molecular flexibility index (Phi) is 2.75. The van der Waals surface area contributed by atoms with Gasteiger partial charge in [-0.05, 0) is 0 Å². The number of nitrogens with zero attached hydrogens (tertiary/aromatic N) is 3. The molecule has 0 aromatic carbocycles. The van der Waals surface area contributed by atoms with Crippen LogP contribution < -0.4 is 4.44 Å². The van der Waals surface area contributed by atoms with Crippen LogP contribution in [0.15, 0.2) is 4.52 Å². The van der Waals surface area contributed by atoms with E-state index in [9.17, 15) is 0 Å². The predicted octanol–water partition coefficient (Wildman–Crippen LogP) is 1.76. The Balaban J connectivity index is 2.42. The Hall–Kier alpha value is 0.880. The quantitative estimate of drug-likeness (QED) is 0.503. The summed E-state index contributed by atoms with van der Waals surface area (Å²) in [7, 11) is 6.80. The molecule has 1 aliphatic rings. The standard InChI is InChI=1S/C2H8N3P3/c1-4-6-3-7-5(2)8-4/h6,8H,1-2H3/q+1. The molecule has 3 nitrogen and oxygen atoms in total. The lowest BCUT2D eigenvalue weighted by Gasteiger charge is -2.11. The minimum Gasteiger partial charge on any atom is -0.172 e. The lowest BCUT2D eigenvalue weighted by molar-refractivity contribution is 0.878. The fourth-order valence-corrected chi connectivity index (χ4v) is 4.33. The van der Waals surface area contributed by atoms with Gasteiger partial charge in [0, 0.05) is 7.05 Å². The summed E-state index contributed by atoms with van der Waals surface area (Å²) in [4.78, 5) is 0. The number of hydrogen-bond acceptors (Lipinski definition) is 3. The van der Waals surface area contributed by atoms with Gasteiger partial charge in [0.2, 0.25) is 8.88 Å². The van der Waals surface area contributed by atoms with Crippen molar-refractivity contribution in [3.05, 3.63) is 0 Å². The van der Waals surface area contributed by atoms with Crippen LogP contribution in [0.1, 0.15) is 0 Å². The zero-order chi connectivity index (χ0) is 5.98. The summed E-state index contributed by atoms with van der Waals surface area (Å²) < 4.78 is 8.59. The highest BCUT2D eigenvalue weighted by atomic mass is 31.2. The van der Waals surface area contributed by atoms with Gasteiger partial charge in [0.1, 0.15) is 15.6 Å². The average Bonchev–Trinajstić information content (AvgIpc) is 1.64. The van der Waals surface area contributed by atoms with Gasteiger partial charge >= 0.3 is 0 Å². The van der Waals surface area contributed by atoms with E-state index in [0.717, 1.165) is 17.4 Å². The lowest BCUT2D eigenvalue weighted by Crippen LogP contribution is -2.07. The lowest BCUT2D eigenvalue weighted by atomic mass is 11.6. The third-order valence-corrected chi connectivity index (χ3v) is 3.68. The first-order valence-electron chi connectivity index (χ1n) is 2.19. The van der Waals surface area contributed by atoms with Crippen molar-refractivity contribution in [2.45, 2.75) is 0 Å². The van der Waals surface area contributed by atoms with Gasteiger partial charge in [-0.3, -0.25) is 0 Å². The maximum absolute atomic E-state index is 4.20. The molecule has 1 rings (SSSR count). The van der Waals surface area contributed by atoms with Crippen LogP contribution in [-0.4, -0.2) is 18.5 Å². The third kappa shape index (κ3) is 2.01. The molecular weight excluding hydrogens is 159 g/mol. The van der Waals surface area contributed by atoms with Crippen molar-refractivity contribution < 1.29 is 0 Å². The molecule has 6 heteroatoms. The first kappa shape index (κ1) is 6.99. The fraction of sp³-hybridized carbons (Fsp3) is 1.00. The van der Waals surface area contributed by atoms with Crippen molar-refractivity contribution in [1.29, 1.82) is 0 Å². The van der Waals surface area contributed by atoms with E-state index in [1.807, 2.05) is 0 Å². The van der Waals surface area contributed by atoms with E-state index in [-0.39, 0.29) is 0 Å². The number of hydrogen-bond donors (Lipinski definition) is 0. The number of rotatable bonds is 0. The van der Waals surface area contributed by atoms with Crippen LogP contribution in [0.4, 0.5) is 0 Å². The van der Waals surface area contributed by atoms with Crippen LogP contribution in [0.5, 0.6) is 0 Å². The van der Waals surface area contributed by atoms with Crippen LogP contribution >= 0.6 is 26.3 Å². The second kappa shape index (κ2) is 3.15. The zero-order valence-electron chi connectivity index (χ0n) is 4.79. The summed E-state index contributed by atoms with van der Waals surface area (Å²) in [5.41, 5.74) is 0. The van der Waals surface area contributed by atoms with E-state index in [1.165, 1.54) is 0 Å². The highest BCUT2D eigenvalue weighted by Gasteiger charge is 2.16. The Morgan fingerprint density at radius 3 is 2.88 bits per heavy atom. The van der Waals surface area contributed by atoms with Crippen LogP contribution in [-0.2, 0) is 0 Å². The molecule has 1 aliphatic heterocycles. The molecule has 0 aromatic rings. The van der Waals surface area contributed by atoms with E-state index in [1.54, 1.807) is 0 Å². The molecule has 45 valence electrons. The fourth-order valence-electron chi connectivity index (χ4n) is 0.414. The van der Waals surface area contributed by atoms with Crippen LogP contribution in [0, 0.1) is 0 Å². The Bertz CT molecular complexity index is 105. The molecule has 1 heterocycles. The van der Waals surface area contributed by atoms with Crippen molar-refractivity contribution in [2.75, 3.05) is 14.1 Å². The first-order valence-corrected chi connectivity index (χ1v) is 4.78. The van der Waals surface area contributed by atoms with Crippen molar-refractivity contribution >= 4 is 26.3 Å². The topological polar surface area (TPSA) is 21.5 Å². The molecule has 0 spiro atoms. The molecule has 1 radical (unpaired) electrons. The molecule has 0 saturated heterocycles. The van der Waals surface area contributed by atoms with Gasteiger partial charge in [-0.1, -0.05) is 0 Å². The molecule has 0 amide bonds. The third-order valence-electron chi connectivity index (χ3n) is 0.668. The van der Waals surface area contributed by atoms with Gasteiger partial charge in [-0.25, -0.2) is 0 Å². The Labute approximate surface area is 54.5 Å². The summed E-state index contributed by atoms with van der Waals surface area (Å²) in [6.07, 6.45) is 0. The van der Waals surface area contributed by atoms with Crippen molar-refractivity contribution in [3.8, 4) is 0 Å². The molecule has 0 bridgehead atoms. The normalized spacial score (nSPS) is 32.2. The van der Waals surface area contributed by atoms with Gasteiger partial charge in [0.25, 0.3) is 8.88 Å². The molecule has 2 atom stereocenters. The second-order valence-electron chi connectivity index (χ2n) is 1.47. The van der Waals surface area contributed by atoms with E-state index in [0.29, 0.717) is 8.88 Å². The Morgan fingerprint density at radius 1 is 1.75 bits per heavy atom. The summed E-state index contributed by atoms with van der Waals surface area (Å²) in [6.45, 7) is 0. The summed E-state index contributed by atoms with van der Waals surface area (Å²) in [5.74, 6) is 0. The average molecular weight is 167 g/mol. The monoisotopic (exact) mass is 167 g/mol. The van der Waals surface area contributed by atoms with E-state index in [2.05, 4.69) is 27.5 Å². The molecule has 0 aromatic heterocycles. The van der Waals surface area contributed by atoms with Gasteiger partial charge in [0.15, 0.2) is 0 Å². The highest BCUT2D eigenvalue weighted by Crippen LogP contribution is 2.41. The maximum Gasteiger partial charge on any atom is 0.275 e. The van der Waals surface area contributed by atoms with Crippen LogP contribution in [0.25, 0.3) is 0 Å². The highest BCUT2D eigenvalue weighted by molar-refractivity contribution is 7.61. The van der Waals surface area contributed by atoms with Gasteiger partial charge < -0.3 is 0 Å². The minimum absolute atomic E-state index is 0.678. The van der Waals surface area contributed by atoms with Crippen molar-refractivity contribution in [2.24, 2.45) is 4.52 Å². The summed E-state index contributed by atoms with van der Waals surface area (Å²) in [6, 6.07) is 0. The molecule has 2 unspecified atom stereocenters. The summed E-state index contributed by atoms with van der Waals surface area (Å²) >= 11 is 0. The zero-order valence-corrected chi connectivity index (χ0v) is 7.68. The largest absolute Gasteiger partial charge is 0.275 e. The molecule has 0 N–H and O–H groups in total. The predicted molar refractivity (Wildman–Crippen MR) is 41.8 cm³/mol. The molecule has 0 aliphatic carbocycles. The maximum atomic E-state index is 4.20. The second-order valence-corrected chi connectivity index (χ2v) is 6.29. The molecule has 0 saturated carbocycles. The molecule has 8 heavy (non-hydrogen) atoms. The first-order chi connectivity index (χ1) is 3.79. The van der Waals surface area contributed by atoms with Crippen LogP contribution in [0.3, 0.4) is 0 Å². The van der Waals surface area contributed by atoms with Crippen molar-refractivity contribution in [1.82, 2.24) is 8.88 Å². The van der Waals surface area contributed by atoms with Crippen LogP contribution in [0.2, 0.25) is 0 Å². The summed E-state index contributed by atoms with van der Waals surface area (Å²) in [5, 5.41) is 0. The van der Waals surface area contributed by atoms with E-state index < -0.39 is 0 Å². The van der Waals surface area contributed by atoms with Gasteiger partial charge in [0.05, 0.1) is 0 Å². The van der Waals surface area contributed by atoms with Crippen molar-refractivity contribution in [3.63, 3.8) is 0 Å². The molecule has 0 fully saturated rings. The van der Waals surface area contributed by atoms with E-state index in [4.69, 9.17) is 0 Å².